The van der Waals surface area contributed by atoms with E-state index >= 15 is 0 Å². The van der Waals surface area contributed by atoms with E-state index in [2.05, 4.69) is 0 Å². The Kier molecular flexibility index (Phi) is 5.92. The molecule has 0 unspecified atom stereocenters. The first-order valence-corrected chi connectivity index (χ1v) is 11.6. The molecule has 0 atom stereocenters. The highest BCUT2D eigenvalue weighted by molar-refractivity contribution is 7.89. The number of hydrogen-bond acceptors (Lipinski definition) is 6. The summed E-state index contributed by atoms with van der Waals surface area (Å²) in [5.74, 6) is -0.0542. The van der Waals surface area contributed by atoms with Crippen LogP contribution in [0.1, 0.15) is 17.5 Å². The second kappa shape index (κ2) is 8.64. The van der Waals surface area contributed by atoms with Crippen molar-refractivity contribution < 1.29 is 22.9 Å². The van der Waals surface area contributed by atoms with Crippen molar-refractivity contribution in [2.24, 2.45) is 0 Å². The average Bonchev–Trinajstić information content (AvgIpc) is 3.25. The maximum Gasteiger partial charge on any atom is 0.273 e. The van der Waals surface area contributed by atoms with Crippen LogP contribution < -0.4 is 4.74 Å². The topological polar surface area (TPSA) is 110 Å². The molecule has 0 radical (unpaired) electrons. The largest absolute Gasteiger partial charge is 0.484 e. The zero-order chi connectivity index (χ0) is 22.0. The Hall–Kier alpha value is -2.98. The average molecular weight is 445 g/mol. The smallest absolute Gasteiger partial charge is 0.273 e. The fraction of sp³-hybridized carbons (Fsp3) is 0.381. The normalized spacial score (nSPS) is 16.7. The molecule has 1 saturated heterocycles. The summed E-state index contributed by atoms with van der Waals surface area (Å²) in [4.78, 5) is 24.6. The minimum absolute atomic E-state index is 0.115. The number of rotatable bonds is 6. The molecule has 31 heavy (non-hydrogen) atoms. The molecule has 9 nitrogen and oxygen atoms in total. The summed E-state index contributed by atoms with van der Waals surface area (Å²) in [6, 6.07) is 11.0. The van der Waals surface area contributed by atoms with Crippen molar-refractivity contribution in [3.8, 4) is 5.75 Å². The van der Waals surface area contributed by atoms with Gasteiger partial charge in [-0.3, -0.25) is 14.9 Å². The number of ether oxygens (including phenoxy) is 1. The minimum atomic E-state index is -3.60. The standard InChI is InChI=1S/C21H23N3O6S/c25-21(15-30-19-6-2-5-18(14-19)24(26)27)22-9-11-23(12-10-22)31(28,29)20-8-7-16-3-1-4-17(16)13-20/h2,5-8,13-14H,1,3-4,9-12,15H2. The third-order valence-electron chi connectivity index (χ3n) is 5.69. The van der Waals surface area contributed by atoms with Crippen molar-refractivity contribution in [2.45, 2.75) is 24.2 Å². The number of nitro benzene ring substituents is 1. The van der Waals surface area contributed by atoms with E-state index in [9.17, 15) is 23.3 Å². The number of hydrogen-bond donors (Lipinski definition) is 0. The number of sulfonamides is 1. The van der Waals surface area contributed by atoms with Crippen molar-refractivity contribution in [1.82, 2.24) is 9.21 Å². The second-order valence-electron chi connectivity index (χ2n) is 7.61. The molecular formula is C21H23N3O6S. The minimum Gasteiger partial charge on any atom is -0.484 e. The maximum absolute atomic E-state index is 13.0. The highest BCUT2D eigenvalue weighted by Gasteiger charge is 2.31. The number of nitrogens with zero attached hydrogens (tertiary/aromatic N) is 3. The Morgan fingerprint density at radius 3 is 2.52 bits per heavy atom. The maximum atomic E-state index is 13.0. The van der Waals surface area contributed by atoms with Gasteiger partial charge in [0.1, 0.15) is 5.75 Å². The zero-order valence-corrected chi connectivity index (χ0v) is 17.7. The molecule has 1 aliphatic carbocycles. The van der Waals surface area contributed by atoms with Gasteiger partial charge in [-0.1, -0.05) is 12.1 Å². The third kappa shape index (κ3) is 4.54. The molecule has 0 spiro atoms. The number of carbonyl (C=O) groups is 1. The number of aryl methyl sites for hydroxylation is 2. The molecule has 2 aromatic rings. The van der Waals surface area contributed by atoms with E-state index in [0.717, 1.165) is 24.8 Å². The van der Waals surface area contributed by atoms with Crippen LogP contribution in [0.3, 0.4) is 0 Å². The van der Waals surface area contributed by atoms with Gasteiger partial charge in [-0.05, 0) is 48.6 Å². The molecule has 1 fully saturated rings. The zero-order valence-electron chi connectivity index (χ0n) is 16.9. The molecular weight excluding hydrogens is 422 g/mol. The van der Waals surface area contributed by atoms with E-state index in [0.29, 0.717) is 4.90 Å². The van der Waals surface area contributed by atoms with Gasteiger partial charge in [-0.15, -0.1) is 0 Å². The second-order valence-corrected chi connectivity index (χ2v) is 9.55. The lowest BCUT2D eigenvalue weighted by molar-refractivity contribution is -0.384. The predicted octanol–water partition coefficient (Wildman–Crippen LogP) is 2.00. The van der Waals surface area contributed by atoms with Gasteiger partial charge in [-0.25, -0.2) is 8.42 Å². The van der Waals surface area contributed by atoms with E-state index in [1.165, 1.54) is 28.1 Å². The van der Waals surface area contributed by atoms with Crippen molar-refractivity contribution in [1.29, 1.82) is 0 Å². The lowest BCUT2D eigenvalue weighted by atomic mass is 10.1. The van der Waals surface area contributed by atoms with Gasteiger partial charge in [0, 0.05) is 32.2 Å². The van der Waals surface area contributed by atoms with Crippen LogP contribution in [0.5, 0.6) is 5.75 Å². The van der Waals surface area contributed by atoms with Crippen LogP contribution in [0.4, 0.5) is 5.69 Å². The molecule has 4 rings (SSSR count). The lowest BCUT2D eigenvalue weighted by Gasteiger charge is -2.34. The van der Waals surface area contributed by atoms with E-state index in [4.69, 9.17) is 4.74 Å². The summed E-state index contributed by atoms with van der Waals surface area (Å²) in [6.45, 7) is 0.686. The molecule has 1 heterocycles. The number of nitro groups is 1. The highest BCUT2D eigenvalue weighted by Crippen LogP contribution is 2.27. The summed E-state index contributed by atoms with van der Waals surface area (Å²) in [5.41, 5.74) is 2.21. The molecule has 1 aliphatic heterocycles. The van der Waals surface area contributed by atoms with Gasteiger partial charge in [0.2, 0.25) is 10.0 Å². The third-order valence-corrected chi connectivity index (χ3v) is 7.58. The first-order chi connectivity index (χ1) is 14.8. The highest BCUT2D eigenvalue weighted by atomic mass is 32.2. The Bertz CT molecular complexity index is 1110. The summed E-state index contributed by atoms with van der Waals surface area (Å²) < 4.78 is 32.8. The van der Waals surface area contributed by atoms with E-state index in [-0.39, 0.29) is 50.1 Å². The number of piperazine rings is 1. The molecule has 10 heteroatoms. The van der Waals surface area contributed by atoms with Gasteiger partial charge < -0.3 is 9.64 Å². The van der Waals surface area contributed by atoms with Crippen molar-refractivity contribution in [3.63, 3.8) is 0 Å². The van der Waals surface area contributed by atoms with Gasteiger partial charge >= 0.3 is 0 Å². The van der Waals surface area contributed by atoms with Gasteiger partial charge in [0.25, 0.3) is 11.6 Å². The van der Waals surface area contributed by atoms with E-state index in [1.54, 1.807) is 23.1 Å². The summed E-state index contributed by atoms with van der Waals surface area (Å²) >= 11 is 0. The van der Waals surface area contributed by atoms with Crippen molar-refractivity contribution in [2.75, 3.05) is 32.8 Å². The Morgan fingerprint density at radius 2 is 1.77 bits per heavy atom. The van der Waals surface area contributed by atoms with Crippen LogP contribution in [0.2, 0.25) is 0 Å². The van der Waals surface area contributed by atoms with Gasteiger partial charge in [-0.2, -0.15) is 4.31 Å². The first kappa shape index (κ1) is 21.3. The molecule has 0 bridgehead atoms. The molecule has 0 saturated carbocycles. The van der Waals surface area contributed by atoms with E-state index in [1.807, 2.05) is 6.07 Å². The first-order valence-electron chi connectivity index (χ1n) is 10.1. The SMILES string of the molecule is O=C(COc1cccc([N+](=O)[O-])c1)N1CCN(S(=O)(=O)c2ccc3c(c2)CCC3)CC1. The Balaban J connectivity index is 1.33. The van der Waals surface area contributed by atoms with Gasteiger partial charge in [0.15, 0.2) is 6.61 Å². The quantitative estimate of drug-likeness (QED) is 0.497. The van der Waals surface area contributed by atoms with Crippen LogP contribution in [0.25, 0.3) is 0 Å². The fourth-order valence-electron chi connectivity index (χ4n) is 3.96. The molecule has 0 N–H and O–H groups in total. The number of fused-ring (bicyclic) bond motifs is 1. The molecule has 2 aliphatic rings. The molecule has 1 amide bonds. The Morgan fingerprint density at radius 1 is 1.03 bits per heavy atom. The molecule has 2 aromatic carbocycles. The summed E-state index contributed by atoms with van der Waals surface area (Å²) in [5, 5.41) is 10.8. The summed E-state index contributed by atoms with van der Waals surface area (Å²) in [6.07, 6.45) is 2.96. The number of amides is 1. The van der Waals surface area contributed by atoms with Crippen molar-refractivity contribution >= 4 is 21.6 Å². The van der Waals surface area contributed by atoms with E-state index < -0.39 is 14.9 Å². The van der Waals surface area contributed by atoms with Crippen LogP contribution >= 0.6 is 0 Å². The van der Waals surface area contributed by atoms with Crippen LogP contribution in [0, 0.1) is 10.1 Å². The molecule has 164 valence electrons. The summed E-state index contributed by atoms with van der Waals surface area (Å²) in [7, 11) is -3.60. The Labute approximate surface area is 180 Å². The van der Waals surface area contributed by atoms with Crippen LogP contribution in [-0.2, 0) is 27.7 Å². The van der Waals surface area contributed by atoms with Crippen LogP contribution in [-0.4, -0.2) is 61.2 Å². The number of non-ortho nitro benzene ring substituents is 1. The predicted molar refractivity (Wildman–Crippen MR) is 112 cm³/mol. The lowest BCUT2D eigenvalue weighted by Crippen LogP contribution is -2.51. The van der Waals surface area contributed by atoms with Crippen LogP contribution in [0.15, 0.2) is 47.4 Å². The number of carbonyl (C=O) groups excluding carboxylic acids is 1. The van der Waals surface area contributed by atoms with Crippen molar-refractivity contribution in [3.05, 3.63) is 63.7 Å². The fourth-order valence-corrected chi connectivity index (χ4v) is 5.43. The monoisotopic (exact) mass is 445 g/mol. The van der Waals surface area contributed by atoms with Gasteiger partial charge in [0.05, 0.1) is 15.9 Å². The molecule has 0 aromatic heterocycles. The number of benzene rings is 2.